The van der Waals surface area contributed by atoms with Crippen LogP contribution in [0.4, 0.5) is 11.4 Å². The highest BCUT2D eigenvalue weighted by molar-refractivity contribution is 6.02. The molecule has 176 valence electrons. The van der Waals surface area contributed by atoms with E-state index in [1.807, 2.05) is 55.5 Å². The fourth-order valence-electron chi connectivity index (χ4n) is 5.16. The molecule has 1 saturated heterocycles. The molecule has 1 heterocycles. The van der Waals surface area contributed by atoms with Gasteiger partial charge in [0.05, 0.1) is 11.6 Å². The van der Waals surface area contributed by atoms with Crippen molar-refractivity contribution in [3.05, 3.63) is 59.7 Å². The second-order valence-corrected chi connectivity index (χ2v) is 9.62. The minimum Gasteiger partial charge on any atom is -0.371 e. The Balaban J connectivity index is 1.48. The molecule has 1 unspecified atom stereocenters. The van der Waals surface area contributed by atoms with Crippen molar-refractivity contribution < 1.29 is 9.59 Å². The van der Waals surface area contributed by atoms with E-state index in [1.165, 1.54) is 32.1 Å². The van der Waals surface area contributed by atoms with Gasteiger partial charge in [-0.15, -0.1) is 0 Å². The van der Waals surface area contributed by atoms with Gasteiger partial charge in [-0.25, -0.2) is 0 Å². The van der Waals surface area contributed by atoms with Gasteiger partial charge >= 0.3 is 0 Å². The predicted molar refractivity (Wildman–Crippen MR) is 135 cm³/mol. The molecular formula is C28H37N3O2. The summed E-state index contributed by atoms with van der Waals surface area (Å²) in [5.41, 5.74) is 3.36. The first-order valence-electron chi connectivity index (χ1n) is 12.6. The molecule has 2 aromatic carbocycles. The van der Waals surface area contributed by atoms with Crippen LogP contribution in [-0.4, -0.2) is 24.9 Å². The molecule has 4 rings (SSSR count). The molecule has 33 heavy (non-hydrogen) atoms. The van der Waals surface area contributed by atoms with Crippen LogP contribution in [0.15, 0.2) is 48.5 Å². The Morgan fingerprint density at radius 3 is 2.42 bits per heavy atom. The Bertz CT molecular complexity index is 931. The lowest BCUT2D eigenvalue weighted by Gasteiger charge is -2.31. The highest BCUT2D eigenvalue weighted by atomic mass is 16.2. The quantitative estimate of drug-likeness (QED) is 0.516. The standard InChI is InChI=1S/C28H37N3O2/c1-21(23-12-4-2-5-13-23)29-28(33)25-20-24(15-16-26(25)31-18-8-3-9-19-31)30-27(32)17-14-22-10-6-7-11-22/h2,4-5,12-13,15-16,20-22H,3,6-11,14,17-19H2,1H3,(H,29,33)(H,30,32). The SMILES string of the molecule is CC(NC(=O)c1cc(NC(=O)CCC2CCCC2)ccc1N1CCCCC1)c1ccccc1. The molecule has 0 bridgehead atoms. The molecule has 1 saturated carbocycles. The van der Waals surface area contributed by atoms with Gasteiger partial charge < -0.3 is 15.5 Å². The van der Waals surface area contributed by atoms with Gasteiger partial charge in [0, 0.05) is 30.9 Å². The highest BCUT2D eigenvalue weighted by Crippen LogP contribution is 2.30. The Morgan fingerprint density at radius 2 is 1.70 bits per heavy atom. The first kappa shape index (κ1) is 23.3. The fourth-order valence-corrected chi connectivity index (χ4v) is 5.16. The number of anilines is 2. The van der Waals surface area contributed by atoms with Crippen molar-refractivity contribution in [2.24, 2.45) is 5.92 Å². The Morgan fingerprint density at radius 1 is 0.970 bits per heavy atom. The van der Waals surface area contributed by atoms with E-state index in [4.69, 9.17) is 0 Å². The van der Waals surface area contributed by atoms with Crippen molar-refractivity contribution in [1.82, 2.24) is 5.32 Å². The third-order valence-electron chi connectivity index (χ3n) is 7.12. The zero-order valence-corrected chi connectivity index (χ0v) is 19.8. The zero-order chi connectivity index (χ0) is 23.0. The van der Waals surface area contributed by atoms with Crippen molar-refractivity contribution in [2.45, 2.75) is 70.8 Å². The summed E-state index contributed by atoms with van der Waals surface area (Å²) in [6.45, 7) is 3.92. The number of nitrogens with one attached hydrogen (secondary N) is 2. The highest BCUT2D eigenvalue weighted by Gasteiger charge is 2.22. The smallest absolute Gasteiger partial charge is 0.253 e. The molecule has 2 aliphatic rings. The van der Waals surface area contributed by atoms with Crippen LogP contribution in [0.25, 0.3) is 0 Å². The van der Waals surface area contributed by atoms with Gasteiger partial charge in [-0.2, -0.15) is 0 Å². The summed E-state index contributed by atoms with van der Waals surface area (Å²) < 4.78 is 0. The summed E-state index contributed by atoms with van der Waals surface area (Å²) >= 11 is 0. The van der Waals surface area contributed by atoms with E-state index < -0.39 is 0 Å². The topological polar surface area (TPSA) is 61.4 Å². The summed E-state index contributed by atoms with van der Waals surface area (Å²) in [6, 6.07) is 15.7. The van der Waals surface area contributed by atoms with Crippen LogP contribution < -0.4 is 15.5 Å². The van der Waals surface area contributed by atoms with Gasteiger partial charge in [0.25, 0.3) is 5.91 Å². The summed E-state index contributed by atoms with van der Waals surface area (Å²) in [5.74, 6) is 0.628. The monoisotopic (exact) mass is 447 g/mol. The number of nitrogens with zero attached hydrogens (tertiary/aromatic N) is 1. The van der Waals surface area contributed by atoms with E-state index in [9.17, 15) is 9.59 Å². The molecular weight excluding hydrogens is 410 g/mol. The normalized spacial score (nSPS) is 17.5. The Labute approximate surface area is 197 Å². The maximum atomic E-state index is 13.4. The number of rotatable bonds is 8. The molecule has 5 heteroatoms. The molecule has 1 aliphatic heterocycles. The third kappa shape index (κ3) is 6.37. The molecule has 2 aromatic rings. The molecule has 2 fully saturated rings. The maximum Gasteiger partial charge on any atom is 0.253 e. The number of hydrogen-bond donors (Lipinski definition) is 2. The van der Waals surface area contributed by atoms with Crippen molar-refractivity contribution in [1.29, 1.82) is 0 Å². The first-order valence-corrected chi connectivity index (χ1v) is 12.6. The van der Waals surface area contributed by atoms with E-state index in [0.29, 0.717) is 23.6 Å². The molecule has 1 atom stereocenters. The number of hydrogen-bond acceptors (Lipinski definition) is 3. The lowest BCUT2D eigenvalue weighted by atomic mass is 10.0. The predicted octanol–water partition coefficient (Wildman–Crippen LogP) is 6.08. The van der Waals surface area contributed by atoms with E-state index >= 15 is 0 Å². The second-order valence-electron chi connectivity index (χ2n) is 9.62. The van der Waals surface area contributed by atoms with Crippen LogP contribution in [0, 0.1) is 5.92 Å². The van der Waals surface area contributed by atoms with Gasteiger partial charge in [-0.05, 0) is 62.3 Å². The summed E-state index contributed by atoms with van der Waals surface area (Å²) in [5, 5.41) is 6.20. The van der Waals surface area contributed by atoms with Crippen molar-refractivity contribution in [3.63, 3.8) is 0 Å². The lowest BCUT2D eigenvalue weighted by Crippen LogP contribution is -2.33. The first-order chi connectivity index (χ1) is 16.1. The lowest BCUT2D eigenvalue weighted by molar-refractivity contribution is -0.116. The van der Waals surface area contributed by atoms with E-state index in [2.05, 4.69) is 15.5 Å². The number of benzene rings is 2. The molecule has 0 radical (unpaired) electrons. The molecule has 1 aliphatic carbocycles. The number of piperidine rings is 1. The zero-order valence-electron chi connectivity index (χ0n) is 19.8. The van der Waals surface area contributed by atoms with Gasteiger partial charge in [-0.1, -0.05) is 56.0 Å². The largest absolute Gasteiger partial charge is 0.371 e. The van der Waals surface area contributed by atoms with E-state index in [1.54, 1.807) is 0 Å². The molecule has 2 N–H and O–H groups in total. The van der Waals surface area contributed by atoms with Crippen LogP contribution >= 0.6 is 0 Å². The Hall–Kier alpha value is -2.82. The summed E-state index contributed by atoms with van der Waals surface area (Å²) in [6.07, 6.45) is 10.1. The fraction of sp³-hybridized carbons (Fsp3) is 0.500. The Kier molecular flexibility index (Phi) is 8.03. The van der Waals surface area contributed by atoms with E-state index in [-0.39, 0.29) is 17.9 Å². The molecule has 5 nitrogen and oxygen atoms in total. The third-order valence-corrected chi connectivity index (χ3v) is 7.12. The average Bonchev–Trinajstić information content (AvgIpc) is 3.37. The number of carbonyl (C=O) groups excluding carboxylic acids is 2. The maximum absolute atomic E-state index is 13.4. The average molecular weight is 448 g/mol. The van der Waals surface area contributed by atoms with Gasteiger partial charge in [0.1, 0.15) is 0 Å². The number of amides is 2. The van der Waals surface area contributed by atoms with E-state index in [0.717, 1.165) is 43.6 Å². The number of carbonyl (C=O) groups is 2. The molecule has 0 spiro atoms. The second kappa shape index (κ2) is 11.4. The minimum atomic E-state index is -0.103. The van der Waals surface area contributed by atoms with Gasteiger partial charge in [0.2, 0.25) is 5.91 Å². The van der Waals surface area contributed by atoms with Crippen LogP contribution in [0.5, 0.6) is 0 Å². The van der Waals surface area contributed by atoms with Gasteiger partial charge in [0.15, 0.2) is 0 Å². The minimum absolute atomic E-state index is 0.0386. The van der Waals surface area contributed by atoms with Crippen LogP contribution in [0.1, 0.15) is 86.7 Å². The van der Waals surface area contributed by atoms with Crippen molar-refractivity contribution >= 4 is 23.2 Å². The molecule has 2 amide bonds. The van der Waals surface area contributed by atoms with Crippen molar-refractivity contribution in [2.75, 3.05) is 23.3 Å². The van der Waals surface area contributed by atoms with Crippen LogP contribution in [0.3, 0.4) is 0 Å². The van der Waals surface area contributed by atoms with Gasteiger partial charge in [-0.3, -0.25) is 9.59 Å². The summed E-state index contributed by atoms with van der Waals surface area (Å²) in [7, 11) is 0. The summed E-state index contributed by atoms with van der Waals surface area (Å²) in [4.78, 5) is 28.3. The molecule has 0 aromatic heterocycles. The van der Waals surface area contributed by atoms with Crippen LogP contribution in [0.2, 0.25) is 0 Å². The van der Waals surface area contributed by atoms with Crippen LogP contribution in [-0.2, 0) is 4.79 Å². The van der Waals surface area contributed by atoms with Crippen molar-refractivity contribution in [3.8, 4) is 0 Å².